The van der Waals surface area contributed by atoms with E-state index in [0.717, 1.165) is 12.1 Å². The normalized spacial score (nSPS) is 10.2. The van der Waals surface area contributed by atoms with Gasteiger partial charge in [0.1, 0.15) is 0 Å². The van der Waals surface area contributed by atoms with Crippen LogP contribution in [0.1, 0.15) is 44.7 Å². The van der Waals surface area contributed by atoms with Crippen LogP contribution in [0.15, 0.2) is 12.1 Å². The van der Waals surface area contributed by atoms with Crippen molar-refractivity contribution in [2.45, 2.75) is 25.7 Å². The second kappa shape index (κ2) is 7.21. The van der Waals surface area contributed by atoms with E-state index in [1.807, 2.05) is 0 Å². The van der Waals surface area contributed by atoms with Crippen LogP contribution in [0.2, 0.25) is 0 Å². The number of rotatable bonds is 8. The van der Waals surface area contributed by atoms with Crippen LogP contribution in [0, 0.1) is 0 Å². The molecule has 0 bridgehead atoms. The van der Waals surface area contributed by atoms with Crippen LogP contribution < -0.4 is 0 Å². The van der Waals surface area contributed by atoms with E-state index in [1.54, 1.807) is 0 Å². The third-order valence-corrected chi connectivity index (χ3v) is 2.98. The lowest BCUT2D eigenvalue weighted by atomic mass is 9.92. The summed E-state index contributed by atoms with van der Waals surface area (Å²) in [6, 6.07) is 2.22. The minimum Gasteiger partial charge on any atom is -0.481 e. The van der Waals surface area contributed by atoms with E-state index in [2.05, 4.69) is 0 Å². The van der Waals surface area contributed by atoms with E-state index in [1.165, 1.54) is 0 Å². The molecule has 0 saturated carbocycles. The molecule has 0 spiro atoms. The summed E-state index contributed by atoms with van der Waals surface area (Å²) in [6.07, 6.45) is -1.03. The Bertz CT molecular complexity index is 593. The van der Waals surface area contributed by atoms with Crippen molar-refractivity contribution in [2.75, 3.05) is 0 Å². The van der Waals surface area contributed by atoms with Crippen LogP contribution in [0.5, 0.6) is 0 Å². The molecular weight excluding hydrogens is 296 g/mol. The van der Waals surface area contributed by atoms with Crippen LogP contribution >= 0.6 is 0 Å². The maximum atomic E-state index is 11.4. The molecule has 0 aliphatic carbocycles. The molecule has 0 saturated heterocycles. The molecule has 0 aliphatic rings. The lowest BCUT2D eigenvalue weighted by Crippen LogP contribution is -2.13. The summed E-state index contributed by atoms with van der Waals surface area (Å²) >= 11 is 0. The number of aliphatic carboxylic acids is 2. The lowest BCUT2D eigenvalue weighted by molar-refractivity contribution is -0.137. The zero-order valence-corrected chi connectivity index (χ0v) is 11.4. The topological polar surface area (TPSA) is 149 Å². The standard InChI is InChI=1S/C14H14O8/c15-10(16)3-1-7-5-9(13(19)20)6-8(2-4-11(17)18)12(7)14(21)22/h5-6H,1-4H2,(H,15,16)(H,17,18)(H,19,20)(H,21,22). The molecule has 1 rings (SSSR count). The average molecular weight is 310 g/mol. The molecule has 0 atom stereocenters. The van der Waals surface area contributed by atoms with Gasteiger partial charge in [-0.2, -0.15) is 0 Å². The quantitative estimate of drug-likeness (QED) is 0.558. The number of carbonyl (C=O) groups is 4. The first kappa shape index (κ1) is 17.2. The predicted octanol–water partition coefficient (Wildman–Crippen LogP) is 1.12. The second-order valence-electron chi connectivity index (χ2n) is 4.57. The third-order valence-electron chi connectivity index (χ3n) is 2.98. The van der Waals surface area contributed by atoms with Crippen molar-refractivity contribution in [3.63, 3.8) is 0 Å². The number of aryl methyl sites for hydroxylation is 2. The van der Waals surface area contributed by atoms with Gasteiger partial charge in [0, 0.05) is 12.8 Å². The highest BCUT2D eigenvalue weighted by atomic mass is 16.4. The van der Waals surface area contributed by atoms with Crippen molar-refractivity contribution in [3.8, 4) is 0 Å². The van der Waals surface area contributed by atoms with Crippen molar-refractivity contribution >= 4 is 23.9 Å². The summed E-state index contributed by atoms with van der Waals surface area (Å²) in [5.41, 5.74) is -0.302. The first-order valence-corrected chi connectivity index (χ1v) is 6.28. The molecule has 0 fully saturated rings. The zero-order valence-electron chi connectivity index (χ0n) is 11.4. The van der Waals surface area contributed by atoms with Gasteiger partial charge in [0.2, 0.25) is 0 Å². The fourth-order valence-corrected chi connectivity index (χ4v) is 2.04. The average Bonchev–Trinajstić information content (AvgIpc) is 2.41. The zero-order chi connectivity index (χ0) is 16.9. The van der Waals surface area contributed by atoms with Crippen molar-refractivity contribution in [3.05, 3.63) is 34.4 Å². The Kier molecular flexibility index (Phi) is 5.62. The van der Waals surface area contributed by atoms with E-state index >= 15 is 0 Å². The molecular formula is C14H14O8. The Balaban J connectivity index is 3.36. The highest BCUT2D eigenvalue weighted by Gasteiger charge is 2.20. The first-order valence-electron chi connectivity index (χ1n) is 6.28. The predicted molar refractivity (Wildman–Crippen MR) is 72.3 cm³/mol. The maximum Gasteiger partial charge on any atom is 0.336 e. The number of hydrogen-bond donors (Lipinski definition) is 4. The van der Waals surface area contributed by atoms with E-state index < -0.39 is 23.9 Å². The van der Waals surface area contributed by atoms with Gasteiger partial charge in [0.15, 0.2) is 0 Å². The summed E-state index contributed by atoms with van der Waals surface area (Å²) in [5.74, 6) is -4.95. The highest BCUT2D eigenvalue weighted by Crippen LogP contribution is 2.22. The molecule has 0 heterocycles. The second-order valence-corrected chi connectivity index (χ2v) is 4.57. The van der Waals surface area contributed by atoms with Crippen molar-refractivity contribution < 1.29 is 39.6 Å². The Morgan fingerprint density at radius 1 is 0.727 bits per heavy atom. The van der Waals surface area contributed by atoms with E-state index in [-0.39, 0.29) is 47.9 Å². The Morgan fingerprint density at radius 3 is 1.41 bits per heavy atom. The van der Waals surface area contributed by atoms with Crippen LogP contribution in [0.4, 0.5) is 0 Å². The molecule has 22 heavy (non-hydrogen) atoms. The van der Waals surface area contributed by atoms with Crippen LogP contribution in [-0.2, 0) is 22.4 Å². The molecule has 4 N–H and O–H groups in total. The first-order chi connectivity index (χ1) is 10.2. The molecule has 1 aromatic rings. The summed E-state index contributed by atoms with van der Waals surface area (Å²) in [6.45, 7) is 0. The van der Waals surface area contributed by atoms with Gasteiger partial charge in [0.05, 0.1) is 11.1 Å². The van der Waals surface area contributed by atoms with Crippen molar-refractivity contribution in [1.82, 2.24) is 0 Å². The van der Waals surface area contributed by atoms with E-state index in [0.29, 0.717) is 0 Å². The smallest absolute Gasteiger partial charge is 0.336 e. The molecule has 0 unspecified atom stereocenters. The van der Waals surface area contributed by atoms with Crippen molar-refractivity contribution in [1.29, 1.82) is 0 Å². The fourth-order valence-electron chi connectivity index (χ4n) is 2.04. The monoisotopic (exact) mass is 310 g/mol. The summed E-state index contributed by atoms with van der Waals surface area (Å²) in [5, 5.41) is 35.7. The molecule has 0 aliphatic heterocycles. The van der Waals surface area contributed by atoms with Gasteiger partial charge < -0.3 is 20.4 Å². The third kappa shape index (κ3) is 4.58. The number of benzene rings is 1. The number of carboxylic acids is 4. The minimum atomic E-state index is -1.35. The van der Waals surface area contributed by atoms with Gasteiger partial charge in [-0.15, -0.1) is 0 Å². The van der Waals surface area contributed by atoms with Crippen LogP contribution in [0.25, 0.3) is 0 Å². The van der Waals surface area contributed by atoms with Gasteiger partial charge in [-0.25, -0.2) is 9.59 Å². The van der Waals surface area contributed by atoms with Crippen LogP contribution in [-0.4, -0.2) is 44.3 Å². The summed E-state index contributed by atoms with van der Waals surface area (Å²) in [7, 11) is 0. The van der Waals surface area contributed by atoms with Gasteiger partial charge in [0.25, 0.3) is 0 Å². The van der Waals surface area contributed by atoms with Crippen molar-refractivity contribution in [2.24, 2.45) is 0 Å². The minimum absolute atomic E-state index is 0.0650. The largest absolute Gasteiger partial charge is 0.481 e. The molecule has 0 aromatic heterocycles. The summed E-state index contributed by atoms with van der Waals surface area (Å²) in [4.78, 5) is 43.7. The SMILES string of the molecule is O=C(O)CCc1cc(C(=O)O)cc(CCC(=O)O)c1C(=O)O. The lowest BCUT2D eigenvalue weighted by Gasteiger charge is -2.12. The molecule has 8 nitrogen and oxygen atoms in total. The van der Waals surface area contributed by atoms with Gasteiger partial charge in [-0.05, 0) is 36.1 Å². The van der Waals surface area contributed by atoms with E-state index in [9.17, 15) is 24.3 Å². The van der Waals surface area contributed by atoms with Gasteiger partial charge in [-0.3, -0.25) is 9.59 Å². The number of hydrogen-bond acceptors (Lipinski definition) is 4. The molecule has 0 radical (unpaired) electrons. The number of aromatic carboxylic acids is 2. The van der Waals surface area contributed by atoms with E-state index in [4.69, 9.17) is 15.3 Å². The van der Waals surface area contributed by atoms with Gasteiger partial charge in [-0.1, -0.05) is 0 Å². The highest BCUT2D eigenvalue weighted by molar-refractivity contribution is 5.95. The maximum absolute atomic E-state index is 11.4. The Labute approximate surface area is 124 Å². The number of carboxylic acid groups (broad SMARTS) is 4. The fraction of sp³-hybridized carbons (Fsp3) is 0.286. The Morgan fingerprint density at radius 2 is 1.14 bits per heavy atom. The molecule has 118 valence electrons. The van der Waals surface area contributed by atoms with Crippen LogP contribution in [0.3, 0.4) is 0 Å². The molecule has 0 amide bonds. The molecule has 1 aromatic carbocycles. The van der Waals surface area contributed by atoms with Gasteiger partial charge >= 0.3 is 23.9 Å². The summed E-state index contributed by atoms with van der Waals surface area (Å²) < 4.78 is 0. The molecule has 8 heteroatoms. The Hall–Kier alpha value is -2.90.